The van der Waals surface area contributed by atoms with Crippen LogP contribution in [0.3, 0.4) is 0 Å². The number of rotatable bonds is 3. The van der Waals surface area contributed by atoms with Crippen molar-refractivity contribution in [3.63, 3.8) is 0 Å². The van der Waals surface area contributed by atoms with Crippen LogP contribution in [-0.4, -0.2) is 42.0 Å². The maximum absolute atomic E-state index is 12.7. The molecule has 82 valence electrons. The smallest absolute Gasteiger partial charge is 0.121 e. The fourth-order valence-electron chi connectivity index (χ4n) is 1.51. The molecule has 1 rings (SSSR count). The lowest BCUT2D eigenvalue weighted by molar-refractivity contribution is -0.0411. The predicted molar refractivity (Wildman–Crippen MR) is 52.5 cm³/mol. The highest BCUT2D eigenvalue weighted by Crippen LogP contribution is 2.26. The van der Waals surface area contributed by atoms with Crippen LogP contribution >= 0.6 is 0 Å². The summed E-state index contributed by atoms with van der Waals surface area (Å²) in [4.78, 5) is 2.08. The van der Waals surface area contributed by atoms with Gasteiger partial charge in [0.05, 0.1) is 13.2 Å². The van der Waals surface area contributed by atoms with E-state index in [1.807, 2.05) is 20.9 Å². The maximum atomic E-state index is 12.7. The van der Waals surface area contributed by atoms with Crippen LogP contribution in [0.2, 0.25) is 0 Å². The Morgan fingerprint density at radius 1 is 1.71 bits per heavy atom. The van der Waals surface area contributed by atoms with Crippen molar-refractivity contribution in [3.05, 3.63) is 11.9 Å². The van der Waals surface area contributed by atoms with E-state index in [1.165, 1.54) is 6.08 Å². The minimum Gasteiger partial charge on any atom is -0.389 e. The number of likely N-dealkylation sites (N-methyl/N-ethyl adjacent to an activating group) is 1. The van der Waals surface area contributed by atoms with E-state index in [2.05, 4.69) is 4.90 Å². The fraction of sp³-hybridized carbons (Fsp3) is 0.800. The van der Waals surface area contributed by atoms with Gasteiger partial charge in [-0.25, -0.2) is 4.39 Å². The van der Waals surface area contributed by atoms with Gasteiger partial charge in [-0.3, -0.25) is 4.90 Å². The SMILES string of the molecule is CN1[C@@H](CC=C(F)CO)COC1(C)C. The topological polar surface area (TPSA) is 32.7 Å². The van der Waals surface area contributed by atoms with E-state index in [4.69, 9.17) is 9.84 Å². The molecule has 1 heterocycles. The van der Waals surface area contributed by atoms with Gasteiger partial charge in [0.15, 0.2) is 0 Å². The van der Waals surface area contributed by atoms with Gasteiger partial charge in [0.25, 0.3) is 0 Å². The number of nitrogens with zero attached hydrogens (tertiary/aromatic N) is 1. The molecule has 0 aromatic heterocycles. The summed E-state index contributed by atoms with van der Waals surface area (Å²) in [6.45, 7) is 4.07. The van der Waals surface area contributed by atoms with Crippen LogP contribution in [0.1, 0.15) is 20.3 Å². The van der Waals surface area contributed by atoms with E-state index in [0.717, 1.165) is 0 Å². The molecule has 0 saturated carbocycles. The summed E-state index contributed by atoms with van der Waals surface area (Å²) in [5.41, 5.74) is -0.270. The zero-order valence-electron chi connectivity index (χ0n) is 8.96. The van der Waals surface area contributed by atoms with Crippen LogP contribution in [0.15, 0.2) is 11.9 Å². The van der Waals surface area contributed by atoms with E-state index in [-0.39, 0.29) is 11.8 Å². The standard InChI is InChI=1S/C10H18FNO2/c1-10(2)12(3)9(7-14-10)5-4-8(11)6-13/h4,9,13H,5-7H2,1-3H3/t9-/m0/s1. The minimum absolute atomic E-state index is 0.197. The summed E-state index contributed by atoms with van der Waals surface area (Å²) in [6.07, 6.45) is 2.00. The van der Waals surface area contributed by atoms with Gasteiger partial charge < -0.3 is 9.84 Å². The van der Waals surface area contributed by atoms with Crippen molar-refractivity contribution in [3.8, 4) is 0 Å². The van der Waals surface area contributed by atoms with Crippen molar-refractivity contribution in [2.45, 2.75) is 32.0 Å². The molecule has 1 fully saturated rings. The number of aliphatic hydroxyl groups excluding tert-OH is 1. The number of aliphatic hydroxyl groups is 1. The fourth-order valence-corrected chi connectivity index (χ4v) is 1.51. The molecule has 14 heavy (non-hydrogen) atoms. The van der Waals surface area contributed by atoms with E-state index in [0.29, 0.717) is 13.0 Å². The third kappa shape index (κ3) is 2.53. The van der Waals surface area contributed by atoms with Crippen molar-refractivity contribution in [1.29, 1.82) is 0 Å². The highest BCUT2D eigenvalue weighted by atomic mass is 19.1. The Labute approximate surface area is 84.2 Å². The van der Waals surface area contributed by atoms with Gasteiger partial charge in [0.2, 0.25) is 0 Å². The van der Waals surface area contributed by atoms with Gasteiger partial charge in [0.1, 0.15) is 11.6 Å². The zero-order valence-corrected chi connectivity index (χ0v) is 8.96. The number of ether oxygens (including phenoxy) is 1. The Morgan fingerprint density at radius 2 is 2.36 bits per heavy atom. The molecule has 4 heteroatoms. The number of hydrogen-bond acceptors (Lipinski definition) is 3. The second-order valence-corrected chi connectivity index (χ2v) is 4.07. The Bertz CT molecular complexity index is 228. The number of halogens is 1. The van der Waals surface area contributed by atoms with Crippen LogP contribution in [-0.2, 0) is 4.74 Å². The molecule has 1 aliphatic rings. The average molecular weight is 203 g/mol. The lowest BCUT2D eigenvalue weighted by atomic mass is 10.1. The molecule has 0 unspecified atom stereocenters. The molecule has 0 radical (unpaired) electrons. The molecule has 0 spiro atoms. The first-order valence-corrected chi connectivity index (χ1v) is 4.79. The van der Waals surface area contributed by atoms with E-state index < -0.39 is 12.4 Å². The molecule has 1 aliphatic heterocycles. The van der Waals surface area contributed by atoms with Gasteiger partial charge in [-0.15, -0.1) is 0 Å². The Morgan fingerprint density at radius 3 is 2.79 bits per heavy atom. The van der Waals surface area contributed by atoms with Crippen LogP contribution < -0.4 is 0 Å². The quantitative estimate of drug-likeness (QED) is 0.750. The van der Waals surface area contributed by atoms with E-state index in [9.17, 15) is 4.39 Å². The highest BCUT2D eigenvalue weighted by Gasteiger charge is 2.36. The molecule has 1 saturated heterocycles. The van der Waals surface area contributed by atoms with Crippen molar-refractivity contribution in [1.82, 2.24) is 4.90 Å². The summed E-state index contributed by atoms with van der Waals surface area (Å²) < 4.78 is 18.2. The molecule has 0 aliphatic carbocycles. The summed E-state index contributed by atoms with van der Waals surface area (Å²) in [5.74, 6) is -0.469. The van der Waals surface area contributed by atoms with Gasteiger partial charge in [-0.2, -0.15) is 0 Å². The summed E-state index contributed by atoms with van der Waals surface area (Å²) >= 11 is 0. The molecule has 1 N–H and O–H groups in total. The lowest BCUT2D eigenvalue weighted by Gasteiger charge is -2.29. The Hall–Kier alpha value is -0.450. The molecule has 1 atom stereocenters. The van der Waals surface area contributed by atoms with Gasteiger partial charge in [0, 0.05) is 6.04 Å². The third-order valence-electron chi connectivity index (χ3n) is 2.79. The summed E-state index contributed by atoms with van der Waals surface area (Å²) in [6, 6.07) is 0.197. The minimum atomic E-state index is -0.513. The largest absolute Gasteiger partial charge is 0.389 e. The van der Waals surface area contributed by atoms with Crippen molar-refractivity contribution >= 4 is 0 Å². The van der Waals surface area contributed by atoms with Crippen LogP contribution in [0.4, 0.5) is 4.39 Å². The van der Waals surface area contributed by atoms with Crippen LogP contribution in [0, 0.1) is 0 Å². The van der Waals surface area contributed by atoms with Gasteiger partial charge in [-0.05, 0) is 33.4 Å². The zero-order chi connectivity index (χ0) is 10.8. The molecular formula is C10H18FNO2. The first-order chi connectivity index (χ1) is 6.47. The maximum Gasteiger partial charge on any atom is 0.121 e. The number of hydrogen-bond donors (Lipinski definition) is 1. The molecule has 0 aromatic carbocycles. The lowest BCUT2D eigenvalue weighted by Crippen LogP contribution is -2.40. The van der Waals surface area contributed by atoms with Gasteiger partial charge in [-0.1, -0.05) is 0 Å². The molecular weight excluding hydrogens is 185 g/mol. The average Bonchev–Trinajstić information content (AvgIpc) is 2.40. The molecule has 3 nitrogen and oxygen atoms in total. The second-order valence-electron chi connectivity index (χ2n) is 4.07. The monoisotopic (exact) mass is 203 g/mol. The Balaban J connectivity index is 2.49. The third-order valence-corrected chi connectivity index (χ3v) is 2.79. The summed E-state index contributed by atoms with van der Waals surface area (Å²) in [7, 11) is 1.96. The second kappa shape index (κ2) is 4.38. The van der Waals surface area contributed by atoms with Crippen molar-refractivity contribution < 1.29 is 14.2 Å². The normalized spacial score (nSPS) is 28.4. The van der Waals surface area contributed by atoms with Crippen LogP contribution in [0.5, 0.6) is 0 Å². The van der Waals surface area contributed by atoms with Gasteiger partial charge >= 0.3 is 0 Å². The highest BCUT2D eigenvalue weighted by molar-refractivity contribution is 4.96. The predicted octanol–water partition coefficient (Wildman–Crippen LogP) is 1.29. The Kier molecular flexibility index (Phi) is 3.64. The molecule has 0 amide bonds. The first kappa shape index (κ1) is 11.6. The molecule has 0 aromatic rings. The van der Waals surface area contributed by atoms with E-state index in [1.54, 1.807) is 0 Å². The summed E-state index contributed by atoms with van der Waals surface area (Å²) in [5, 5.41) is 8.49. The van der Waals surface area contributed by atoms with Crippen molar-refractivity contribution in [2.24, 2.45) is 0 Å². The molecule has 0 bridgehead atoms. The van der Waals surface area contributed by atoms with E-state index >= 15 is 0 Å². The van der Waals surface area contributed by atoms with Crippen LogP contribution in [0.25, 0.3) is 0 Å². The van der Waals surface area contributed by atoms with Crippen molar-refractivity contribution in [2.75, 3.05) is 20.3 Å². The first-order valence-electron chi connectivity index (χ1n) is 4.79.